The average molecular weight is 318 g/mol. The first-order chi connectivity index (χ1) is 10.4. The standard InChI is InChI=1S/C14H26N2O6/c1-8(5-3-4-6-15-2)13(21)16-14-12(20)11(19)10(18)9(7-17)22-14/h5,9-12,14-15,17-20H,3-4,6-7H2,1-2H3,(H,16,21)/t9-,10-,11+,12-,14?/m1/s1. The third-order valence-electron chi connectivity index (χ3n) is 3.61. The lowest BCUT2D eigenvalue weighted by Gasteiger charge is -2.40. The van der Waals surface area contributed by atoms with Gasteiger partial charge in [-0.15, -0.1) is 0 Å². The van der Waals surface area contributed by atoms with Gasteiger partial charge in [-0.25, -0.2) is 0 Å². The Balaban J connectivity index is 2.58. The number of ether oxygens (including phenoxy) is 1. The molecule has 1 aliphatic rings. The molecule has 1 amide bonds. The molecule has 0 aromatic rings. The molecule has 1 saturated heterocycles. The number of hydrogen-bond donors (Lipinski definition) is 6. The number of allylic oxidation sites excluding steroid dienone is 1. The van der Waals surface area contributed by atoms with Gasteiger partial charge >= 0.3 is 0 Å². The van der Waals surface area contributed by atoms with E-state index in [1.807, 2.05) is 7.05 Å². The van der Waals surface area contributed by atoms with Crippen molar-refractivity contribution < 1.29 is 30.0 Å². The van der Waals surface area contributed by atoms with E-state index in [0.717, 1.165) is 19.4 Å². The molecule has 0 bridgehead atoms. The largest absolute Gasteiger partial charge is 0.394 e. The van der Waals surface area contributed by atoms with Crippen molar-refractivity contribution in [2.24, 2.45) is 0 Å². The maximum atomic E-state index is 12.0. The predicted octanol–water partition coefficient (Wildman–Crippen LogP) is -2.15. The Morgan fingerprint density at radius 1 is 1.23 bits per heavy atom. The fraction of sp³-hybridized carbons (Fsp3) is 0.786. The summed E-state index contributed by atoms with van der Waals surface area (Å²) in [4.78, 5) is 12.0. The lowest BCUT2D eigenvalue weighted by Crippen LogP contribution is -2.63. The SMILES string of the molecule is CNCCCC=C(C)C(=O)NC1O[C@H](CO)[C@@H](O)[C@H](O)[C@H]1O. The Morgan fingerprint density at radius 3 is 2.50 bits per heavy atom. The van der Waals surface area contributed by atoms with E-state index in [1.165, 1.54) is 0 Å². The van der Waals surface area contributed by atoms with Crippen molar-refractivity contribution in [3.8, 4) is 0 Å². The van der Waals surface area contributed by atoms with Crippen LogP contribution < -0.4 is 10.6 Å². The molecule has 128 valence electrons. The zero-order valence-electron chi connectivity index (χ0n) is 12.9. The number of hydrogen-bond acceptors (Lipinski definition) is 7. The van der Waals surface area contributed by atoms with Crippen LogP contribution in [0.4, 0.5) is 0 Å². The van der Waals surface area contributed by atoms with E-state index in [0.29, 0.717) is 5.57 Å². The first-order valence-corrected chi connectivity index (χ1v) is 7.35. The topological polar surface area (TPSA) is 131 Å². The molecule has 22 heavy (non-hydrogen) atoms. The minimum atomic E-state index is -1.50. The highest BCUT2D eigenvalue weighted by molar-refractivity contribution is 5.92. The van der Waals surface area contributed by atoms with Gasteiger partial charge in [-0.05, 0) is 33.4 Å². The normalized spacial score (nSPS) is 32.8. The quantitative estimate of drug-likeness (QED) is 0.233. The van der Waals surface area contributed by atoms with E-state index in [2.05, 4.69) is 10.6 Å². The number of carbonyl (C=O) groups is 1. The molecule has 1 rings (SSSR count). The Bertz CT molecular complexity index is 388. The lowest BCUT2D eigenvalue weighted by molar-refractivity contribution is -0.235. The van der Waals surface area contributed by atoms with Gasteiger partial charge in [-0.2, -0.15) is 0 Å². The Morgan fingerprint density at radius 2 is 1.91 bits per heavy atom. The fourth-order valence-corrected chi connectivity index (χ4v) is 2.15. The van der Waals surface area contributed by atoms with E-state index in [-0.39, 0.29) is 0 Å². The third kappa shape index (κ3) is 5.01. The first-order valence-electron chi connectivity index (χ1n) is 7.35. The second-order valence-corrected chi connectivity index (χ2v) is 5.36. The van der Waals surface area contributed by atoms with Gasteiger partial charge in [0.25, 0.3) is 0 Å². The maximum Gasteiger partial charge on any atom is 0.248 e. The molecule has 1 unspecified atom stereocenters. The number of amides is 1. The maximum absolute atomic E-state index is 12.0. The molecule has 0 saturated carbocycles. The minimum Gasteiger partial charge on any atom is -0.394 e. The predicted molar refractivity (Wildman–Crippen MR) is 78.8 cm³/mol. The van der Waals surface area contributed by atoms with Crippen LogP contribution in [0.25, 0.3) is 0 Å². The molecule has 1 heterocycles. The molecule has 5 atom stereocenters. The fourth-order valence-electron chi connectivity index (χ4n) is 2.15. The molecule has 0 radical (unpaired) electrons. The van der Waals surface area contributed by atoms with E-state index in [9.17, 15) is 20.1 Å². The minimum absolute atomic E-state index is 0.436. The molecule has 0 aromatic heterocycles. The number of nitrogens with one attached hydrogen (secondary N) is 2. The van der Waals surface area contributed by atoms with Crippen LogP contribution in [0.5, 0.6) is 0 Å². The van der Waals surface area contributed by atoms with Crippen LogP contribution in [0, 0.1) is 0 Å². The molecule has 0 aliphatic carbocycles. The summed E-state index contributed by atoms with van der Waals surface area (Å²) in [5.74, 6) is -0.436. The van der Waals surface area contributed by atoms with Gasteiger partial charge in [0.1, 0.15) is 24.4 Å². The molecule has 1 aliphatic heterocycles. The Labute approximate surface area is 129 Å². The summed E-state index contributed by atoms with van der Waals surface area (Å²) in [5, 5.41) is 43.7. The van der Waals surface area contributed by atoms with Gasteiger partial charge in [0.05, 0.1) is 6.61 Å². The van der Waals surface area contributed by atoms with Gasteiger partial charge in [0.2, 0.25) is 5.91 Å². The van der Waals surface area contributed by atoms with Crippen molar-refractivity contribution in [2.75, 3.05) is 20.2 Å². The molecule has 1 fully saturated rings. The van der Waals surface area contributed by atoms with Gasteiger partial charge in [0, 0.05) is 5.57 Å². The van der Waals surface area contributed by atoms with Gasteiger partial charge in [-0.1, -0.05) is 6.08 Å². The van der Waals surface area contributed by atoms with Crippen LogP contribution in [0.15, 0.2) is 11.6 Å². The highest BCUT2D eigenvalue weighted by Crippen LogP contribution is 2.20. The van der Waals surface area contributed by atoms with Crippen LogP contribution in [0.2, 0.25) is 0 Å². The number of aliphatic hydroxyl groups is 4. The molecule has 6 N–H and O–H groups in total. The number of aliphatic hydroxyl groups excluding tert-OH is 4. The highest BCUT2D eigenvalue weighted by Gasteiger charge is 2.43. The lowest BCUT2D eigenvalue weighted by atomic mass is 9.98. The second kappa shape index (κ2) is 9.19. The van der Waals surface area contributed by atoms with Crippen molar-refractivity contribution in [1.82, 2.24) is 10.6 Å². The van der Waals surface area contributed by atoms with Crippen molar-refractivity contribution in [3.63, 3.8) is 0 Å². The molecular weight excluding hydrogens is 292 g/mol. The number of carbonyl (C=O) groups excluding carboxylic acids is 1. The zero-order chi connectivity index (χ0) is 16.7. The molecular formula is C14H26N2O6. The molecule has 8 nitrogen and oxygen atoms in total. The van der Waals surface area contributed by atoms with Crippen LogP contribution in [-0.2, 0) is 9.53 Å². The van der Waals surface area contributed by atoms with Crippen molar-refractivity contribution in [3.05, 3.63) is 11.6 Å². The van der Waals surface area contributed by atoms with E-state index in [1.54, 1.807) is 13.0 Å². The third-order valence-corrected chi connectivity index (χ3v) is 3.61. The summed E-state index contributed by atoms with van der Waals surface area (Å²) >= 11 is 0. The second-order valence-electron chi connectivity index (χ2n) is 5.36. The smallest absolute Gasteiger partial charge is 0.248 e. The van der Waals surface area contributed by atoms with E-state index < -0.39 is 43.2 Å². The van der Waals surface area contributed by atoms with Gasteiger partial charge in [-0.3, -0.25) is 4.79 Å². The summed E-state index contributed by atoms with van der Waals surface area (Å²) < 4.78 is 5.22. The summed E-state index contributed by atoms with van der Waals surface area (Å²) in [5.41, 5.74) is 0.466. The monoisotopic (exact) mass is 318 g/mol. The van der Waals surface area contributed by atoms with Crippen molar-refractivity contribution >= 4 is 5.91 Å². The van der Waals surface area contributed by atoms with Gasteiger partial charge < -0.3 is 35.8 Å². The van der Waals surface area contributed by atoms with Crippen LogP contribution in [-0.4, -0.2) is 77.2 Å². The summed E-state index contributed by atoms with van der Waals surface area (Å²) in [7, 11) is 1.85. The Hall–Kier alpha value is -1.03. The van der Waals surface area contributed by atoms with Crippen LogP contribution in [0.1, 0.15) is 19.8 Å². The molecule has 0 aromatic carbocycles. The Kier molecular flexibility index (Phi) is 7.94. The van der Waals surface area contributed by atoms with E-state index >= 15 is 0 Å². The van der Waals surface area contributed by atoms with Crippen LogP contribution >= 0.6 is 0 Å². The van der Waals surface area contributed by atoms with Crippen molar-refractivity contribution in [1.29, 1.82) is 0 Å². The summed E-state index contributed by atoms with van der Waals surface area (Å²) in [6.45, 7) is 1.95. The van der Waals surface area contributed by atoms with Crippen molar-refractivity contribution in [2.45, 2.75) is 50.4 Å². The first kappa shape index (κ1) is 19.0. The van der Waals surface area contributed by atoms with E-state index in [4.69, 9.17) is 9.84 Å². The number of rotatable bonds is 7. The number of unbranched alkanes of at least 4 members (excludes halogenated alkanes) is 1. The van der Waals surface area contributed by atoms with Gasteiger partial charge in [0.15, 0.2) is 6.23 Å². The van der Waals surface area contributed by atoms with Crippen LogP contribution in [0.3, 0.4) is 0 Å². The average Bonchev–Trinajstić information content (AvgIpc) is 2.51. The summed E-state index contributed by atoms with van der Waals surface area (Å²) in [6.07, 6.45) is -3.25. The molecule has 8 heteroatoms. The highest BCUT2D eigenvalue weighted by atomic mass is 16.6. The summed E-state index contributed by atoms with van der Waals surface area (Å²) in [6, 6.07) is 0. The molecule has 0 spiro atoms. The zero-order valence-corrected chi connectivity index (χ0v) is 12.9.